The molecule has 0 saturated carbocycles. The number of piperazine rings is 1. The maximum atomic E-state index is 12.7. The van der Waals surface area contributed by atoms with E-state index in [-0.39, 0.29) is 24.2 Å². The molecule has 0 bridgehead atoms. The number of hydrogen-bond acceptors (Lipinski definition) is 5. The van der Waals surface area contributed by atoms with Gasteiger partial charge in [-0.2, -0.15) is 5.10 Å². The fraction of sp³-hybridized carbons (Fsp3) is 0.412. The van der Waals surface area contributed by atoms with E-state index in [4.69, 9.17) is 0 Å². The first kappa shape index (κ1) is 17.1. The van der Waals surface area contributed by atoms with E-state index in [0.29, 0.717) is 13.1 Å². The monoisotopic (exact) mass is 343 g/mol. The number of nitrogens with one attached hydrogen (secondary N) is 1. The Bertz CT molecular complexity index is 756. The first-order chi connectivity index (χ1) is 12.1. The molecule has 1 fully saturated rings. The molecule has 8 heteroatoms. The van der Waals surface area contributed by atoms with Crippen molar-refractivity contribution in [2.24, 2.45) is 0 Å². The minimum atomic E-state index is -0.517. The molecule has 1 aliphatic heterocycles. The number of carbonyl (C=O) groups excluding carboxylic acids is 1. The summed E-state index contributed by atoms with van der Waals surface area (Å²) in [6, 6.07) is 8.26. The second kappa shape index (κ2) is 7.43. The lowest BCUT2D eigenvalue weighted by atomic mass is 10.0. The third-order valence-corrected chi connectivity index (χ3v) is 4.46. The van der Waals surface area contributed by atoms with E-state index >= 15 is 0 Å². The molecule has 2 aromatic rings. The van der Waals surface area contributed by atoms with Crippen LogP contribution in [0.4, 0.5) is 5.69 Å². The van der Waals surface area contributed by atoms with Crippen LogP contribution in [-0.4, -0.2) is 45.1 Å². The largest absolute Gasteiger partial charge is 0.331 e. The third-order valence-electron chi connectivity index (χ3n) is 4.46. The number of carbonyl (C=O) groups is 1. The van der Waals surface area contributed by atoms with Crippen LogP contribution in [0.15, 0.2) is 36.7 Å². The van der Waals surface area contributed by atoms with Gasteiger partial charge >= 0.3 is 5.69 Å². The summed E-state index contributed by atoms with van der Waals surface area (Å²) in [6.45, 7) is 4.13. The van der Waals surface area contributed by atoms with E-state index in [9.17, 15) is 14.9 Å². The quantitative estimate of drug-likeness (QED) is 0.656. The predicted octanol–water partition coefficient (Wildman–Crippen LogP) is 1.53. The molecule has 1 amide bonds. The molecule has 1 saturated heterocycles. The lowest BCUT2D eigenvalue weighted by Gasteiger charge is -2.36. The highest BCUT2D eigenvalue weighted by molar-refractivity contribution is 5.76. The van der Waals surface area contributed by atoms with Crippen LogP contribution < -0.4 is 5.32 Å². The topological polar surface area (TPSA) is 93.3 Å². The van der Waals surface area contributed by atoms with Crippen molar-refractivity contribution in [1.29, 1.82) is 0 Å². The molecule has 0 spiro atoms. The van der Waals surface area contributed by atoms with Gasteiger partial charge in [0.15, 0.2) is 0 Å². The molecule has 1 aromatic carbocycles. The summed E-state index contributed by atoms with van der Waals surface area (Å²) in [5, 5.41) is 18.0. The number of hydrogen-bond donors (Lipinski definition) is 1. The van der Waals surface area contributed by atoms with Crippen molar-refractivity contribution < 1.29 is 9.72 Å². The summed E-state index contributed by atoms with van der Waals surface area (Å²) in [5.74, 6) is -0.0935. The molecule has 132 valence electrons. The lowest BCUT2D eigenvalue weighted by molar-refractivity contribution is -0.385. The van der Waals surface area contributed by atoms with Crippen LogP contribution in [0.1, 0.15) is 24.1 Å². The molecule has 8 nitrogen and oxygen atoms in total. The Morgan fingerprint density at radius 2 is 2.16 bits per heavy atom. The van der Waals surface area contributed by atoms with Gasteiger partial charge in [-0.1, -0.05) is 31.2 Å². The molecule has 1 atom stereocenters. The number of aromatic nitrogens is 2. The molecule has 3 rings (SSSR count). The highest BCUT2D eigenvalue weighted by atomic mass is 16.6. The van der Waals surface area contributed by atoms with Gasteiger partial charge in [-0.25, -0.2) is 0 Å². The van der Waals surface area contributed by atoms with Crippen molar-refractivity contribution in [2.45, 2.75) is 25.9 Å². The molecule has 1 aliphatic rings. The predicted molar refractivity (Wildman–Crippen MR) is 92.0 cm³/mol. The first-order valence-electron chi connectivity index (χ1n) is 8.34. The standard InChI is InChI=1S/C17H21N5O3/c1-2-13-3-5-14(6-4-13)16-10-18-7-8-21(16)17(23)12-20-11-15(9-19-20)22(24)25/h3-6,9,11,16,18H,2,7-8,10,12H2,1H3. The highest BCUT2D eigenvalue weighted by Gasteiger charge is 2.28. The zero-order valence-corrected chi connectivity index (χ0v) is 14.1. The SMILES string of the molecule is CCc1ccc(C2CNCCN2C(=O)Cn2cc([N+](=O)[O-])cn2)cc1. The van der Waals surface area contributed by atoms with Crippen molar-refractivity contribution in [2.75, 3.05) is 19.6 Å². The van der Waals surface area contributed by atoms with Crippen molar-refractivity contribution in [3.8, 4) is 0 Å². The molecule has 0 aliphatic carbocycles. The fourth-order valence-electron chi connectivity index (χ4n) is 3.04. The number of benzene rings is 1. The number of nitrogens with zero attached hydrogens (tertiary/aromatic N) is 4. The Labute approximate surface area is 145 Å². The van der Waals surface area contributed by atoms with E-state index in [1.54, 1.807) is 0 Å². The number of aryl methyl sites for hydroxylation is 1. The van der Waals surface area contributed by atoms with E-state index in [1.807, 2.05) is 4.90 Å². The first-order valence-corrected chi connectivity index (χ1v) is 8.34. The summed E-state index contributed by atoms with van der Waals surface area (Å²) in [7, 11) is 0. The van der Waals surface area contributed by atoms with Crippen molar-refractivity contribution >= 4 is 11.6 Å². The Morgan fingerprint density at radius 3 is 2.80 bits per heavy atom. The van der Waals surface area contributed by atoms with Crippen LogP contribution in [0, 0.1) is 10.1 Å². The molecule has 0 radical (unpaired) electrons. The average Bonchev–Trinajstić information content (AvgIpc) is 3.10. The summed E-state index contributed by atoms with van der Waals surface area (Å²) >= 11 is 0. The molecular formula is C17H21N5O3. The maximum absolute atomic E-state index is 12.7. The van der Waals surface area contributed by atoms with Gasteiger partial charge in [-0.05, 0) is 17.5 Å². The van der Waals surface area contributed by atoms with Gasteiger partial charge in [0, 0.05) is 19.6 Å². The summed E-state index contributed by atoms with van der Waals surface area (Å²) < 4.78 is 1.32. The Morgan fingerprint density at radius 1 is 1.40 bits per heavy atom. The van der Waals surface area contributed by atoms with Gasteiger partial charge < -0.3 is 10.2 Å². The van der Waals surface area contributed by atoms with E-state index in [2.05, 4.69) is 41.6 Å². The Hall–Kier alpha value is -2.74. The van der Waals surface area contributed by atoms with Crippen molar-refractivity contribution in [1.82, 2.24) is 20.0 Å². The second-order valence-electron chi connectivity index (χ2n) is 6.06. The van der Waals surface area contributed by atoms with Gasteiger partial charge in [0.1, 0.15) is 18.9 Å². The smallest absolute Gasteiger partial charge is 0.307 e. The average molecular weight is 343 g/mol. The van der Waals surface area contributed by atoms with Gasteiger partial charge in [-0.3, -0.25) is 19.6 Å². The molecule has 1 N–H and O–H groups in total. The third kappa shape index (κ3) is 3.85. The zero-order valence-electron chi connectivity index (χ0n) is 14.1. The second-order valence-corrected chi connectivity index (χ2v) is 6.06. The number of nitro groups is 1. The van der Waals surface area contributed by atoms with E-state index < -0.39 is 4.92 Å². The summed E-state index contributed by atoms with van der Waals surface area (Å²) in [5.41, 5.74) is 2.23. The van der Waals surface area contributed by atoms with Gasteiger partial charge in [0.05, 0.1) is 11.0 Å². The zero-order chi connectivity index (χ0) is 17.8. The van der Waals surface area contributed by atoms with Gasteiger partial charge in [-0.15, -0.1) is 0 Å². The summed E-state index contributed by atoms with van der Waals surface area (Å²) in [6.07, 6.45) is 3.42. The minimum absolute atomic E-state index is 0.00260. The summed E-state index contributed by atoms with van der Waals surface area (Å²) in [4.78, 5) is 24.8. The highest BCUT2D eigenvalue weighted by Crippen LogP contribution is 2.23. The Balaban J connectivity index is 1.74. The molecule has 1 aromatic heterocycles. The Kier molecular flexibility index (Phi) is 5.08. The normalized spacial score (nSPS) is 17.5. The van der Waals surface area contributed by atoms with Crippen LogP contribution in [0.3, 0.4) is 0 Å². The number of amides is 1. The maximum Gasteiger partial charge on any atom is 0.307 e. The minimum Gasteiger partial charge on any atom is -0.331 e. The molecule has 25 heavy (non-hydrogen) atoms. The molecule has 2 heterocycles. The van der Waals surface area contributed by atoms with Crippen LogP contribution in [0.5, 0.6) is 0 Å². The lowest BCUT2D eigenvalue weighted by Crippen LogP contribution is -2.49. The van der Waals surface area contributed by atoms with Crippen LogP contribution in [-0.2, 0) is 17.8 Å². The van der Waals surface area contributed by atoms with Crippen LogP contribution in [0.25, 0.3) is 0 Å². The van der Waals surface area contributed by atoms with Crippen molar-refractivity contribution in [3.05, 3.63) is 57.9 Å². The van der Waals surface area contributed by atoms with Crippen molar-refractivity contribution in [3.63, 3.8) is 0 Å². The number of rotatable bonds is 5. The van der Waals surface area contributed by atoms with Gasteiger partial charge in [0.2, 0.25) is 5.91 Å². The van der Waals surface area contributed by atoms with Crippen LogP contribution in [0.2, 0.25) is 0 Å². The van der Waals surface area contributed by atoms with Crippen LogP contribution >= 0.6 is 0 Å². The fourth-order valence-corrected chi connectivity index (χ4v) is 3.04. The van der Waals surface area contributed by atoms with Gasteiger partial charge in [0.25, 0.3) is 0 Å². The van der Waals surface area contributed by atoms with E-state index in [1.165, 1.54) is 16.4 Å². The molecular weight excluding hydrogens is 322 g/mol. The van der Waals surface area contributed by atoms with E-state index in [0.717, 1.165) is 24.7 Å². The molecule has 1 unspecified atom stereocenters.